The van der Waals surface area contributed by atoms with Crippen LogP contribution in [0.15, 0.2) is 152 Å². The summed E-state index contributed by atoms with van der Waals surface area (Å²) in [5.74, 6) is 2.21. The van der Waals surface area contributed by atoms with Crippen molar-refractivity contribution in [2.75, 3.05) is 0 Å². The first-order chi connectivity index (χ1) is 28.1. The Morgan fingerprint density at radius 3 is 1.14 bits per heavy atom. The van der Waals surface area contributed by atoms with Crippen LogP contribution in [-0.2, 0) is 0 Å². The van der Waals surface area contributed by atoms with E-state index < -0.39 is 0 Å². The molecule has 8 nitrogen and oxygen atoms in total. The highest BCUT2D eigenvalue weighted by Crippen LogP contribution is 2.38. The Labute approximate surface area is 324 Å². The molecule has 0 radical (unpaired) electrons. The standard InChI is InChI=1S/C49H30N8/c1-27-50-43(36-19-18-28-10-2-3-11-29(28)20-36)52-45-39-23-32-14-6-7-15-33(32)24-40(39)47(54-45)56-49-42-26-35-17-9-8-16-34(35)25-41(42)48(57-49)55-46-38-22-31-13-5-4-12-30(31)21-37(38)44(51-27)53-46/h2-26H,1H3,(H2,50,51,52,53,54,55,56,57). The molecule has 11 aromatic rings. The molecule has 0 saturated carbocycles. The van der Waals surface area contributed by atoms with Gasteiger partial charge in [-0.25, -0.2) is 29.9 Å². The zero-order chi connectivity index (χ0) is 37.6. The van der Waals surface area contributed by atoms with Gasteiger partial charge in [-0.05, 0) is 92.5 Å². The maximum absolute atomic E-state index is 5.33. The maximum Gasteiger partial charge on any atom is 0.164 e. The van der Waals surface area contributed by atoms with Crippen molar-refractivity contribution in [1.29, 1.82) is 0 Å². The van der Waals surface area contributed by atoms with Crippen LogP contribution in [0.25, 0.3) is 121 Å². The van der Waals surface area contributed by atoms with E-state index in [9.17, 15) is 0 Å². The number of hydrogen-bond acceptors (Lipinski definition) is 6. The van der Waals surface area contributed by atoms with Crippen molar-refractivity contribution in [2.45, 2.75) is 6.92 Å². The van der Waals surface area contributed by atoms with Gasteiger partial charge in [0.15, 0.2) is 17.5 Å². The number of aromatic amines is 2. The molecular weight excluding hydrogens is 701 g/mol. The minimum Gasteiger partial charge on any atom is -0.324 e. The fourth-order valence-electron chi connectivity index (χ4n) is 8.25. The van der Waals surface area contributed by atoms with E-state index in [2.05, 4.69) is 149 Å². The van der Waals surface area contributed by atoms with Crippen molar-refractivity contribution in [3.05, 3.63) is 157 Å². The number of H-pyrrole nitrogens is 2. The highest BCUT2D eigenvalue weighted by Gasteiger charge is 2.21. The predicted octanol–water partition coefficient (Wildman–Crippen LogP) is 11.8. The summed E-state index contributed by atoms with van der Waals surface area (Å²) in [6, 6.07) is 52.7. The number of rotatable bonds is 1. The van der Waals surface area contributed by atoms with Gasteiger partial charge in [0, 0.05) is 38.2 Å². The Morgan fingerprint density at radius 2 is 0.684 bits per heavy atom. The quantitative estimate of drug-likeness (QED) is 0.174. The second-order valence-electron chi connectivity index (χ2n) is 14.6. The molecule has 4 heterocycles. The van der Waals surface area contributed by atoms with Crippen LogP contribution in [0.2, 0.25) is 0 Å². The first-order valence-corrected chi connectivity index (χ1v) is 18.9. The second-order valence-corrected chi connectivity index (χ2v) is 14.6. The van der Waals surface area contributed by atoms with Crippen LogP contribution in [0, 0.1) is 6.92 Å². The average Bonchev–Trinajstić information content (AvgIpc) is 3.87. The van der Waals surface area contributed by atoms with E-state index in [4.69, 9.17) is 29.9 Å². The van der Waals surface area contributed by atoms with Crippen LogP contribution in [-0.4, -0.2) is 39.9 Å². The molecule has 0 unspecified atom stereocenters. The molecule has 57 heavy (non-hydrogen) atoms. The number of aromatic nitrogens is 8. The Hall–Kier alpha value is -7.84. The summed E-state index contributed by atoms with van der Waals surface area (Å²) in [6.07, 6.45) is 0. The Balaban J connectivity index is 1.27. The van der Waals surface area contributed by atoms with Gasteiger partial charge >= 0.3 is 0 Å². The van der Waals surface area contributed by atoms with E-state index >= 15 is 0 Å². The van der Waals surface area contributed by atoms with E-state index in [-0.39, 0.29) is 0 Å². The van der Waals surface area contributed by atoms with Crippen molar-refractivity contribution in [2.24, 2.45) is 0 Å². The lowest BCUT2D eigenvalue weighted by Gasteiger charge is -2.03. The Bertz CT molecular complexity index is 3670. The van der Waals surface area contributed by atoms with Gasteiger partial charge in [-0.1, -0.05) is 109 Å². The lowest BCUT2D eigenvalue weighted by Crippen LogP contribution is -1.91. The molecule has 0 saturated heterocycles. The van der Waals surface area contributed by atoms with E-state index in [1.54, 1.807) is 0 Å². The van der Waals surface area contributed by atoms with Gasteiger partial charge in [-0.2, -0.15) is 0 Å². The molecule has 0 fully saturated rings. The van der Waals surface area contributed by atoms with Gasteiger partial charge in [0.05, 0.1) is 0 Å². The molecule has 0 atom stereocenters. The molecule has 0 amide bonds. The van der Waals surface area contributed by atoms with Gasteiger partial charge in [0.2, 0.25) is 0 Å². The van der Waals surface area contributed by atoms with Gasteiger partial charge in [-0.3, -0.25) is 0 Å². The normalized spacial score (nSPS) is 11.9. The van der Waals surface area contributed by atoms with Gasteiger partial charge in [0.25, 0.3) is 0 Å². The number of nitrogens with one attached hydrogen (secondary N) is 2. The molecule has 8 aromatic carbocycles. The lowest BCUT2D eigenvalue weighted by atomic mass is 10.0. The van der Waals surface area contributed by atoms with Gasteiger partial charge < -0.3 is 9.97 Å². The molecule has 2 N–H and O–H groups in total. The summed E-state index contributed by atoms with van der Waals surface area (Å²) < 4.78 is 0. The third kappa shape index (κ3) is 5.15. The van der Waals surface area contributed by atoms with Crippen LogP contribution in [0.1, 0.15) is 5.82 Å². The molecule has 1 aliphatic rings. The number of hydrogen-bond donors (Lipinski definition) is 2. The van der Waals surface area contributed by atoms with Crippen molar-refractivity contribution < 1.29 is 0 Å². The molecule has 6 bridgehead atoms. The van der Waals surface area contributed by atoms with Crippen LogP contribution in [0.4, 0.5) is 0 Å². The smallest absolute Gasteiger partial charge is 0.164 e. The van der Waals surface area contributed by atoms with E-state index in [1.807, 2.05) is 19.1 Å². The topological polar surface area (TPSA) is 109 Å². The van der Waals surface area contributed by atoms with E-state index in [0.29, 0.717) is 45.9 Å². The van der Waals surface area contributed by atoms with Crippen LogP contribution in [0.3, 0.4) is 0 Å². The summed E-state index contributed by atoms with van der Waals surface area (Å²) in [7, 11) is 0. The molecule has 8 heteroatoms. The molecular formula is C49H30N8. The summed E-state index contributed by atoms with van der Waals surface area (Å²) in [5.41, 5.74) is 5.31. The summed E-state index contributed by atoms with van der Waals surface area (Å²) >= 11 is 0. The SMILES string of the molecule is Cc1nc(-c2ccc3ccccc3c2)nc2[nH]c(nc3nc(nc4[nH]c(n1)c1cc5ccccc5cc41)-c1cc4ccccc4cc1-3)c1cc3ccccc3cc21. The first kappa shape index (κ1) is 31.5. The van der Waals surface area contributed by atoms with E-state index in [1.165, 1.54) is 0 Å². The Morgan fingerprint density at radius 1 is 0.316 bits per heavy atom. The molecule has 0 aliphatic carbocycles. The van der Waals surface area contributed by atoms with Gasteiger partial charge in [0.1, 0.15) is 28.4 Å². The van der Waals surface area contributed by atoms with Crippen molar-refractivity contribution >= 4 is 87.2 Å². The van der Waals surface area contributed by atoms with Gasteiger partial charge in [-0.15, -0.1) is 0 Å². The Kier molecular flexibility index (Phi) is 6.68. The average molecular weight is 731 g/mol. The maximum atomic E-state index is 5.33. The number of benzene rings is 8. The van der Waals surface area contributed by atoms with Crippen molar-refractivity contribution in [1.82, 2.24) is 39.9 Å². The van der Waals surface area contributed by atoms with Crippen LogP contribution >= 0.6 is 0 Å². The van der Waals surface area contributed by atoms with E-state index in [0.717, 1.165) is 81.3 Å². The zero-order valence-electron chi connectivity index (χ0n) is 30.6. The molecule has 12 rings (SSSR count). The molecule has 1 aliphatic heterocycles. The summed E-state index contributed by atoms with van der Waals surface area (Å²) in [4.78, 5) is 38.6. The largest absolute Gasteiger partial charge is 0.324 e. The number of aryl methyl sites for hydroxylation is 1. The zero-order valence-corrected chi connectivity index (χ0v) is 30.6. The predicted molar refractivity (Wildman–Crippen MR) is 232 cm³/mol. The monoisotopic (exact) mass is 730 g/mol. The molecule has 0 spiro atoms. The second kappa shape index (κ2) is 12.1. The highest BCUT2D eigenvalue weighted by atomic mass is 15.0. The highest BCUT2D eigenvalue weighted by molar-refractivity contribution is 6.12. The summed E-state index contributed by atoms with van der Waals surface area (Å²) in [5, 5.41) is 12.6. The van der Waals surface area contributed by atoms with Crippen LogP contribution in [0.5, 0.6) is 0 Å². The third-order valence-electron chi connectivity index (χ3n) is 11.0. The third-order valence-corrected chi connectivity index (χ3v) is 11.0. The van der Waals surface area contributed by atoms with Crippen molar-refractivity contribution in [3.8, 4) is 34.2 Å². The minimum absolute atomic E-state index is 0.522. The lowest BCUT2D eigenvalue weighted by molar-refractivity contribution is 1.07. The first-order valence-electron chi connectivity index (χ1n) is 18.9. The van der Waals surface area contributed by atoms with Crippen LogP contribution < -0.4 is 0 Å². The number of nitrogens with zero attached hydrogens (tertiary/aromatic N) is 6. The molecule has 266 valence electrons. The fourth-order valence-corrected chi connectivity index (χ4v) is 8.25. The molecule has 3 aromatic heterocycles. The van der Waals surface area contributed by atoms with Crippen molar-refractivity contribution in [3.63, 3.8) is 0 Å². The minimum atomic E-state index is 0.522. The number of fused-ring (bicyclic) bond motifs is 19. The summed E-state index contributed by atoms with van der Waals surface area (Å²) in [6.45, 7) is 1.91. The fraction of sp³-hybridized carbons (Fsp3) is 0.0204.